The molecule has 0 bridgehead atoms. The first-order valence-electron chi connectivity index (χ1n) is 9.53. The van der Waals surface area contributed by atoms with E-state index in [4.69, 9.17) is 40.9 Å². The van der Waals surface area contributed by atoms with Gasteiger partial charge in [0.05, 0.1) is 38.8 Å². The Morgan fingerprint density at radius 2 is 1.91 bits per heavy atom. The maximum absolute atomic E-state index is 11.4. The molecule has 3 aromatic rings. The van der Waals surface area contributed by atoms with E-state index in [1.54, 1.807) is 0 Å². The van der Waals surface area contributed by atoms with Crippen molar-refractivity contribution < 1.29 is 34.0 Å². The molecule has 34 heavy (non-hydrogen) atoms. The van der Waals surface area contributed by atoms with Crippen LogP contribution in [-0.4, -0.2) is 81.3 Å². The molecule has 3 rings (SSSR count). The molecule has 9 N–H and O–H groups in total. The summed E-state index contributed by atoms with van der Waals surface area (Å²) in [7, 11) is -4.31. The number of hydrogen-bond donors (Lipinski definition) is 7. The summed E-state index contributed by atoms with van der Waals surface area (Å²) in [6.07, 6.45) is 1.05. The SMILES string of the molecule is Nc1ccn(C[C@@H](CO)OCP(=O)(O)O)c(=O)n1.Nc1nc2c(ncn2COCCO)c(=O)[nH]1. The van der Waals surface area contributed by atoms with Crippen LogP contribution in [0.3, 0.4) is 0 Å². The Morgan fingerprint density at radius 3 is 2.53 bits per heavy atom. The van der Waals surface area contributed by atoms with Crippen molar-refractivity contribution in [2.45, 2.75) is 19.4 Å². The Balaban J connectivity index is 0.000000241. The van der Waals surface area contributed by atoms with E-state index in [0.717, 1.165) is 4.57 Å². The highest BCUT2D eigenvalue weighted by molar-refractivity contribution is 7.51. The lowest BCUT2D eigenvalue weighted by Crippen LogP contribution is -2.32. The fraction of sp³-hybridized carbons (Fsp3) is 0.438. The van der Waals surface area contributed by atoms with Gasteiger partial charge in [-0.05, 0) is 6.07 Å². The lowest BCUT2D eigenvalue weighted by atomic mass is 10.3. The molecule has 0 aromatic carbocycles. The zero-order valence-corrected chi connectivity index (χ0v) is 18.6. The summed E-state index contributed by atoms with van der Waals surface area (Å²) >= 11 is 0. The van der Waals surface area contributed by atoms with Crippen LogP contribution >= 0.6 is 7.60 Å². The maximum Gasteiger partial charge on any atom is 0.350 e. The van der Waals surface area contributed by atoms with Crippen LogP contribution in [0.15, 0.2) is 28.2 Å². The second-order valence-corrected chi connectivity index (χ2v) is 8.24. The third-order valence-corrected chi connectivity index (χ3v) is 4.42. The molecule has 0 spiro atoms. The highest BCUT2D eigenvalue weighted by atomic mass is 31.2. The second-order valence-electron chi connectivity index (χ2n) is 6.65. The average molecular weight is 504 g/mol. The summed E-state index contributed by atoms with van der Waals surface area (Å²) in [6.45, 7) is -0.270. The van der Waals surface area contributed by atoms with E-state index in [0.29, 0.717) is 5.65 Å². The molecule has 188 valence electrons. The van der Waals surface area contributed by atoms with Crippen molar-refractivity contribution in [3.63, 3.8) is 0 Å². The van der Waals surface area contributed by atoms with Gasteiger partial charge in [-0.25, -0.2) is 9.78 Å². The third kappa shape index (κ3) is 8.31. The van der Waals surface area contributed by atoms with Crippen molar-refractivity contribution in [2.75, 3.05) is 37.6 Å². The molecule has 3 heterocycles. The molecule has 0 unspecified atom stereocenters. The Hall–Kier alpha value is -3.18. The number of nitrogens with two attached hydrogens (primary N) is 2. The molecular formula is C16H25N8O9P. The van der Waals surface area contributed by atoms with Gasteiger partial charge in [0.1, 0.15) is 18.9 Å². The number of ether oxygens (including phenoxy) is 2. The van der Waals surface area contributed by atoms with E-state index in [1.807, 2.05) is 0 Å². The Kier molecular flexibility index (Phi) is 9.82. The molecule has 17 nitrogen and oxygen atoms in total. The smallest absolute Gasteiger partial charge is 0.350 e. The van der Waals surface area contributed by atoms with Crippen LogP contribution in [0, 0.1) is 0 Å². The van der Waals surface area contributed by atoms with Crippen LogP contribution in [0.5, 0.6) is 0 Å². The molecule has 1 atom stereocenters. The zero-order valence-electron chi connectivity index (χ0n) is 17.7. The number of fused-ring (bicyclic) bond motifs is 1. The number of nitrogen functional groups attached to an aromatic ring is 2. The summed E-state index contributed by atoms with van der Waals surface area (Å²) in [5, 5.41) is 17.5. The number of H-pyrrole nitrogens is 1. The van der Waals surface area contributed by atoms with Crippen LogP contribution in [0.25, 0.3) is 11.2 Å². The molecule has 0 aliphatic carbocycles. The van der Waals surface area contributed by atoms with E-state index in [2.05, 4.69) is 19.9 Å². The van der Waals surface area contributed by atoms with Crippen molar-refractivity contribution in [2.24, 2.45) is 0 Å². The predicted molar refractivity (Wildman–Crippen MR) is 117 cm³/mol. The number of aromatic amines is 1. The lowest BCUT2D eigenvalue weighted by molar-refractivity contribution is 0.0188. The average Bonchev–Trinajstić information content (AvgIpc) is 3.16. The first-order valence-corrected chi connectivity index (χ1v) is 11.3. The summed E-state index contributed by atoms with van der Waals surface area (Å²) < 4.78 is 23.2. The number of aromatic nitrogens is 6. The van der Waals surface area contributed by atoms with E-state index in [-0.39, 0.29) is 49.3 Å². The van der Waals surface area contributed by atoms with Gasteiger partial charge in [0.15, 0.2) is 11.2 Å². The largest absolute Gasteiger partial charge is 0.394 e. The fourth-order valence-electron chi connectivity index (χ4n) is 2.46. The fourth-order valence-corrected chi connectivity index (χ4v) is 2.86. The van der Waals surface area contributed by atoms with Gasteiger partial charge in [0.2, 0.25) is 5.95 Å². The molecule has 18 heteroatoms. The van der Waals surface area contributed by atoms with Crippen LogP contribution in [0.1, 0.15) is 0 Å². The van der Waals surface area contributed by atoms with Crippen LogP contribution in [0.2, 0.25) is 0 Å². The standard InChI is InChI=1S/C8H11N5O3.C8H14N3O6P/c9-8-11-6-5(7(15)12-8)10-3-13(6)4-16-2-1-14;9-7-1-2-11(8(13)10-7)3-6(4-12)17-5-18(14,15)16/h3,14H,1-2,4H2,(H3,9,11,12,15);1-2,6,12H,3-5H2,(H2,9,10,13)(H2,14,15,16)/t;6-/m.0/s1. The number of aliphatic hydroxyl groups excluding tert-OH is 2. The van der Waals surface area contributed by atoms with Gasteiger partial charge in [-0.1, -0.05) is 0 Å². The van der Waals surface area contributed by atoms with Gasteiger partial charge in [-0.15, -0.1) is 0 Å². The van der Waals surface area contributed by atoms with Gasteiger partial charge in [0, 0.05) is 6.20 Å². The number of aliphatic hydroxyl groups is 2. The number of imidazole rings is 1. The van der Waals surface area contributed by atoms with Crippen molar-refractivity contribution in [3.8, 4) is 0 Å². The van der Waals surface area contributed by atoms with E-state index in [1.165, 1.54) is 23.2 Å². The van der Waals surface area contributed by atoms with Crippen LogP contribution in [0.4, 0.5) is 11.8 Å². The van der Waals surface area contributed by atoms with Crippen LogP contribution < -0.4 is 22.7 Å². The minimum absolute atomic E-state index is 0.0291. The van der Waals surface area contributed by atoms with Gasteiger partial charge < -0.3 is 40.9 Å². The lowest BCUT2D eigenvalue weighted by Gasteiger charge is -2.16. The number of anilines is 2. The van der Waals surface area contributed by atoms with E-state index < -0.39 is 32.3 Å². The number of hydrogen-bond acceptors (Lipinski definition) is 12. The summed E-state index contributed by atoms with van der Waals surface area (Å²) in [4.78, 5) is 53.7. The van der Waals surface area contributed by atoms with Crippen molar-refractivity contribution in [1.82, 2.24) is 29.1 Å². The van der Waals surface area contributed by atoms with Gasteiger partial charge in [0.25, 0.3) is 5.56 Å². The highest BCUT2D eigenvalue weighted by Crippen LogP contribution is 2.34. The summed E-state index contributed by atoms with van der Waals surface area (Å²) in [5.74, 6) is 0.0920. The molecular weight excluding hydrogens is 479 g/mol. The maximum atomic E-state index is 11.4. The van der Waals surface area contributed by atoms with Gasteiger partial charge in [-0.2, -0.15) is 9.97 Å². The van der Waals surface area contributed by atoms with E-state index >= 15 is 0 Å². The van der Waals surface area contributed by atoms with Crippen molar-refractivity contribution in [1.29, 1.82) is 0 Å². The molecule has 0 radical (unpaired) electrons. The molecule has 0 saturated heterocycles. The first-order chi connectivity index (χ1) is 16.0. The quantitative estimate of drug-likeness (QED) is 0.107. The topological polar surface area (TPSA) is 267 Å². The number of nitrogens with one attached hydrogen (secondary N) is 1. The Morgan fingerprint density at radius 1 is 1.18 bits per heavy atom. The molecule has 0 aliphatic rings. The Labute approximate surface area is 190 Å². The molecule has 0 amide bonds. The Bertz CT molecular complexity index is 1240. The second kappa shape index (κ2) is 12.3. The van der Waals surface area contributed by atoms with Crippen molar-refractivity contribution >= 4 is 30.5 Å². The van der Waals surface area contributed by atoms with Gasteiger partial charge >= 0.3 is 13.3 Å². The summed E-state index contributed by atoms with van der Waals surface area (Å²) in [6, 6.07) is 1.39. The third-order valence-electron chi connectivity index (χ3n) is 3.94. The van der Waals surface area contributed by atoms with Crippen LogP contribution in [-0.2, 0) is 27.3 Å². The van der Waals surface area contributed by atoms with Crippen molar-refractivity contribution in [3.05, 3.63) is 39.4 Å². The first kappa shape index (κ1) is 27.1. The number of rotatable bonds is 10. The van der Waals surface area contributed by atoms with Gasteiger partial charge in [-0.3, -0.25) is 23.5 Å². The molecule has 3 aromatic heterocycles. The normalized spacial score (nSPS) is 12.4. The van der Waals surface area contributed by atoms with E-state index in [9.17, 15) is 14.2 Å². The summed E-state index contributed by atoms with van der Waals surface area (Å²) in [5.41, 5.74) is 10.3. The molecule has 0 fully saturated rings. The molecule has 0 aliphatic heterocycles. The monoisotopic (exact) mass is 504 g/mol. The highest BCUT2D eigenvalue weighted by Gasteiger charge is 2.18. The zero-order chi connectivity index (χ0) is 25.3. The minimum Gasteiger partial charge on any atom is -0.394 e. The minimum atomic E-state index is -4.31. The molecule has 0 saturated carbocycles. The number of nitrogens with zero attached hydrogens (tertiary/aromatic N) is 5. The predicted octanol–water partition coefficient (Wildman–Crippen LogP) is -2.99.